The van der Waals surface area contributed by atoms with E-state index in [9.17, 15) is 4.79 Å². The molecule has 0 saturated heterocycles. The fourth-order valence-corrected chi connectivity index (χ4v) is 1.81. The fourth-order valence-electron chi connectivity index (χ4n) is 1.81. The van der Waals surface area contributed by atoms with E-state index in [1.54, 1.807) is 0 Å². The zero-order valence-electron chi connectivity index (χ0n) is 11.6. The Morgan fingerprint density at radius 3 is 2.50 bits per heavy atom. The van der Waals surface area contributed by atoms with Gasteiger partial charge in [-0.15, -0.1) is 0 Å². The number of amides is 1. The van der Waals surface area contributed by atoms with Crippen molar-refractivity contribution in [2.45, 2.75) is 32.6 Å². The van der Waals surface area contributed by atoms with E-state index in [0.29, 0.717) is 6.54 Å². The van der Waals surface area contributed by atoms with E-state index in [2.05, 4.69) is 36.6 Å². The molecule has 0 saturated carbocycles. The number of carbonyl (C=O) groups is 1. The van der Waals surface area contributed by atoms with E-state index < -0.39 is 0 Å². The second kappa shape index (κ2) is 7.17. The Hall–Kier alpha value is -1.35. The summed E-state index contributed by atoms with van der Waals surface area (Å²) in [5, 5.41) is 6.08. The smallest absolute Gasteiger partial charge is 0.233 e. The molecule has 0 aliphatic heterocycles. The zero-order valence-corrected chi connectivity index (χ0v) is 11.6. The van der Waals surface area contributed by atoms with Crippen molar-refractivity contribution in [3.05, 3.63) is 35.9 Å². The molecule has 100 valence electrons. The van der Waals surface area contributed by atoms with E-state index in [0.717, 1.165) is 19.5 Å². The average molecular weight is 248 g/mol. The Labute approximate surface area is 110 Å². The van der Waals surface area contributed by atoms with Crippen molar-refractivity contribution in [1.82, 2.24) is 10.6 Å². The van der Waals surface area contributed by atoms with E-state index in [4.69, 9.17) is 0 Å². The van der Waals surface area contributed by atoms with Gasteiger partial charge >= 0.3 is 0 Å². The van der Waals surface area contributed by atoms with Gasteiger partial charge in [0.05, 0.1) is 6.54 Å². The van der Waals surface area contributed by atoms with E-state index in [1.807, 2.05) is 25.1 Å². The summed E-state index contributed by atoms with van der Waals surface area (Å²) in [5.74, 6) is 0.0701. The van der Waals surface area contributed by atoms with Gasteiger partial charge in [-0.2, -0.15) is 0 Å². The Morgan fingerprint density at radius 1 is 1.22 bits per heavy atom. The van der Waals surface area contributed by atoms with Crippen molar-refractivity contribution in [3.8, 4) is 0 Å². The summed E-state index contributed by atoms with van der Waals surface area (Å²) >= 11 is 0. The van der Waals surface area contributed by atoms with Crippen molar-refractivity contribution in [2.75, 3.05) is 19.6 Å². The summed E-state index contributed by atoms with van der Waals surface area (Å²) in [6.07, 6.45) is 0.973. The second-order valence-electron chi connectivity index (χ2n) is 5.20. The molecule has 18 heavy (non-hydrogen) atoms. The lowest BCUT2D eigenvalue weighted by Gasteiger charge is -2.25. The molecule has 0 atom stereocenters. The number of rotatable bonds is 7. The van der Waals surface area contributed by atoms with Gasteiger partial charge < -0.3 is 10.6 Å². The van der Waals surface area contributed by atoms with E-state index in [-0.39, 0.29) is 11.3 Å². The molecule has 0 aliphatic rings. The Morgan fingerprint density at radius 2 is 1.89 bits per heavy atom. The average Bonchev–Trinajstić information content (AvgIpc) is 2.37. The molecule has 0 radical (unpaired) electrons. The SMILES string of the molecule is CCCNC(=O)CNCC(C)(C)c1ccccc1. The van der Waals surface area contributed by atoms with Gasteiger partial charge in [0.1, 0.15) is 0 Å². The van der Waals surface area contributed by atoms with Gasteiger partial charge in [0.25, 0.3) is 0 Å². The van der Waals surface area contributed by atoms with Crippen LogP contribution in [0.15, 0.2) is 30.3 Å². The van der Waals surface area contributed by atoms with Crippen LogP contribution in [0.25, 0.3) is 0 Å². The van der Waals surface area contributed by atoms with Gasteiger partial charge in [-0.3, -0.25) is 4.79 Å². The Kier molecular flexibility index (Phi) is 5.86. The van der Waals surface area contributed by atoms with Gasteiger partial charge in [0.15, 0.2) is 0 Å². The minimum Gasteiger partial charge on any atom is -0.355 e. The van der Waals surface area contributed by atoms with Gasteiger partial charge in [-0.1, -0.05) is 51.1 Å². The Balaban J connectivity index is 2.36. The number of carbonyl (C=O) groups excluding carboxylic acids is 1. The molecule has 0 unspecified atom stereocenters. The molecule has 1 amide bonds. The third-order valence-corrected chi connectivity index (χ3v) is 2.98. The Bertz CT molecular complexity index is 360. The second-order valence-corrected chi connectivity index (χ2v) is 5.20. The highest BCUT2D eigenvalue weighted by Crippen LogP contribution is 2.21. The van der Waals surface area contributed by atoms with Crippen LogP contribution in [0.3, 0.4) is 0 Å². The molecule has 0 fully saturated rings. The molecule has 0 aliphatic carbocycles. The van der Waals surface area contributed by atoms with Crippen molar-refractivity contribution in [1.29, 1.82) is 0 Å². The molecule has 2 N–H and O–H groups in total. The number of benzene rings is 1. The van der Waals surface area contributed by atoms with Crippen molar-refractivity contribution >= 4 is 5.91 Å². The number of hydrogen-bond acceptors (Lipinski definition) is 2. The normalized spacial score (nSPS) is 11.3. The molecule has 3 heteroatoms. The predicted octanol–water partition coefficient (Wildman–Crippen LogP) is 2.08. The van der Waals surface area contributed by atoms with Crippen molar-refractivity contribution in [2.24, 2.45) is 0 Å². The molecular formula is C15H24N2O. The molecule has 1 aromatic rings. The van der Waals surface area contributed by atoms with E-state index >= 15 is 0 Å². The molecule has 0 bridgehead atoms. The topological polar surface area (TPSA) is 41.1 Å². The highest BCUT2D eigenvalue weighted by atomic mass is 16.1. The summed E-state index contributed by atoms with van der Waals surface area (Å²) < 4.78 is 0. The third kappa shape index (κ3) is 4.88. The standard InChI is InChI=1S/C15H24N2O/c1-4-10-17-14(18)11-16-12-15(2,3)13-8-6-5-7-9-13/h5-9,16H,4,10-12H2,1-3H3,(H,17,18). The van der Waals surface area contributed by atoms with E-state index in [1.165, 1.54) is 5.56 Å². The lowest BCUT2D eigenvalue weighted by atomic mass is 9.85. The summed E-state index contributed by atoms with van der Waals surface area (Å²) in [7, 11) is 0. The lowest BCUT2D eigenvalue weighted by Crippen LogP contribution is -2.39. The summed E-state index contributed by atoms with van der Waals surface area (Å²) in [6.45, 7) is 8.33. The first-order valence-corrected chi connectivity index (χ1v) is 6.59. The zero-order chi connectivity index (χ0) is 13.4. The van der Waals surface area contributed by atoms with Gasteiger partial charge in [-0.05, 0) is 12.0 Å². The largest absolute Gasteiger partial charge is 0.355 e. The first kappa shape index (κ1) is 14.7. The molecule has 0 spiro atoms. The van der Waals surface area contributed by atoms with Crippen LogP contribution < -0.4 is 10.6 Å². The maximum Gasteiger partial charge on any atom is 0.233 e. The monoisotopic (exact) mass is 248 g/mol. The summed E-state index contributed by atoms with van der Waals surface area (Å²) in [4.78, 5) is 11.5. The highest BCUT2D eigenvalue weighted by molar-refractivity contribution is 5.77. The number of nitrogens with one attached hydrogen (secondary N) is 2. The van der Waals surface area contributed by atoms with Crippen LogP contribution in [-0.4, -0.2) is 25.5 Å². The van der Waals surface area contributed by atoms with Crippen LogP contribution in [0.5, 0.6) is 0 Å². The van der Waals surface area contributed by atoms with Crippen molar-refractivity contribution in [3.63, 3.8) is 0 Å². The van der Waals surface area contributed by atoms with Crippen LogP contribution in [0.4, 0.5) is 0 Å². The fraction of sp³-hybridized carbons (Fsp3) is 0.533. The molecular weight excluding hydrogens is 224 g/mol. The van der Waals surface area contributed by atoms with Crippen LogP contribution in [-0.2, 0) is 10.2 Å². The van der Waals surface area contributed by atoms with Crippen LogP contribution in [0.1, 0.15) is 32.8 Å². The van der Waals surface area contributed by atoms with Gasteiger partial charge in [0.2, 0.25) is 5.91 Å². The molecule has 0 aromatic heterocycles. The minimum atomic E-state index is 0.0340. The summed E-state index contributed by atoms with van der Waals surface area (Å²) in [5.41, 5.74) is 1.32. The maximum atomic E-state index is 11.5. The molecule has 0 heterocycles. The summed E-state index contributed by atoms with van der Waals surface area (Å²) in [6, 6.07) is 10.4. The first-order chi connectivity index (χ1) is 8.56. The first-order valence-electron chi connectivity index (χ1n) is 6.59. The predicted molar refractivity (Wildman–Crippen MR) is 75.6 cm³/mol. The molecule has 1 rings (SSSR count). The van der Waals surface area contributed by atoms with Crippen LogP contribution in [0, 0.1) is 0 Å². The maximum absolute atomic E-state index is 11.5. The minimum absolute atomic E-state index is 0.0340. The van der Waals surface area contributed by atoms with Gasteiger partial charge in [-0.25, -0.2) is 0 Å². The lowest BCUT2D eigenvalue weighted by molar-refractivity contribution is -0.120. The van der Waals surface area contributed by atoms with Gasteiger partial charge in [0, 0.05) is 18.5 Å². The molecule has 1 aromatic carbocycles. The molecule has 3 nitrogen and oxygen atoms in total. The van der Waals surface area contributed by atoms with Crippen molar-refractivity contribution < 1.29 is 4.79 Å². The van der Waals surface area contributed by atoms with Crippen LogP contribution in [0.2, 0.25) is 0 Å². The van der Waals surface area contributed by atoms with Crippen LogP contribution >= 0.6 is 0 Å². The highest BCUT2D eigenvalue weighted by Gasteiger charge is 2.19. The quantitative estimate of drug-likeness (QED) is 0.775. The number of hydrogen-bond donors (Lipinski definition) is 2. The third-order valence-electron chi connectivity index (χ3n) is 2.98.